The molecule has 1 atom stereocenters. The molecule has 0 fully saturated rings. The highest BCUT2D eigenvalue weighted by atomic mass is 16.2. The summed E-state index contributed by atoms with van der Waals surface area (Å²) >= 11 is 0. The first-order chi connectivity index (χ1) is 10.2. The lowest BCUT2D eigenvalue weighted by atomic mass is 9.96. The Bertz CT molecular complexity index is 533. The average Bonchev–Trinajstić information content (AvgIpc) is 2.42. The molecule has 122 valence electrons. The summed E-state index contributed by atoms with van der Waals surface area (Å²) in [5.74, 6) is -0.438. The van der Waals surface area contributed by atoms with Gasteiger partial charge >= 0.3 is 0 Å². The molecular formula is C17H27N3O2. The van der Waals surface area contributed by atoms with E-state index in [1.807, 2.05) is 39.0 Å². The number of amides is 2. The van der Waals surface area contributed by atoms with E-state index >= 15 is 0 Å². The van der Waals surface area contributed by atoms with Gasteiger partial charge in [0.15, 0.2) is 0 Å². The molecule has 0 bridgehead atoms. The number of nitrogens with two attached hydrogens (primary N) is 1. The molecule has 22 heavy (non-hydrogen) atoms. The number of aryl methyl sites for hydroxylation is 2. The lowest BCUT2D eigenvalue weighted by Crippen LogP contribution is -2.53. The van der Waals surface area contributed by atoms with Crippen LogP contribution in [0.4, 0.5) is 5.69 Å². The Balaban J connectivity index is 2.71. The monoisotopic (exact) mass is 305 g/mol. The third-order valence-electron chi connectivity index (χ3n) is 3.73. The number of anilines is 1. The molecule has 0 aliphatic heterocycles. The van der Waals surface area contributed by atoms with E-state index in [9.17, 15) is 9.59 Å². The molecular weight excluding hydrogens is 278 g/mol. The number of hydrogen-bond acceptors (Lipinski definition) is 3. The maximum Gasteiger partial charge on any atom is 0.243 e. The fraction of sp³-hybridized carbons (Fsp3) is 0.529. The minimum atomic E-state index is -0.928. The number of nitrogens with zero attached hydrogens (tertiary/aromatic N) is 1. The van der Waals surface area contributed by atoms with Crippen molar-refractivity contribution in [3.63, 3.8) is 0 Å². The van der Waals surface area contributed by atoms with Crippen LogP contribution in [0.2, 0.25) is 0 Å². The Hall–Kier alpha value is -1.88. The molecule has 5 nitrogen and oxygen atoms in total. The van der Waals surface area contributed by atoms with Crippen LogP contribution in [-0.4, -0.2) is 35.8 Å². The average molecular weight is 305 g/mol. The number of likely N-dealkylation sites (N-methyl/N-ethyl adjacent to an activating group) is 1. The molecule has 0 radical (unpaired) electrons. The van der Waals surface area contributed by atoms with Gasteiger partial charge in [-0.3, -0.25) is 9.59 Å². The second-order valence-corrected chi connectivity index (χ2v) is 6.14. The van der Waals surface area contributed by atoms with Crippen molar-refractivity contribution in [2.24, 2.45) is 5.73 Å². The van der Waals surface area contributed by atoms with E-state index in [4.69, 9.17) is 5.73 Å². The van der Waals surface area contributed by atoms with Gasteiger partial charge in [-0.25, -0.2) is 0 Å². The number of para-hydroxylation sites is 1. The van der Waals surface area contributed by atoms with E-state index < -0.39 is 5.54 Å². The second kappa shape index (κ2) is 7.40. The number of nitrogens with one attached hydrogen (secondary N) is 1. The van der Waals surface area contributed by atoms with Gasteiger partial charge in [-0.15, -0.1) is 0 Å². The van der Waals surface area contributed by atoms with Crippen LogP contribution in [0.25, 0.3) is 0 Å². The number of benzene rings is 1. The third kappa shape index (κ3) is 4.56. The van der Waals surface area contributed by atoms with Crippen molar-refractivity contribution in [1.29, 1.82) is 0 Å². The molecule has 1 rings (SSSR count). The molecule has 1 aromatic rings. The van der Waals surface area contributed by atoms with Crippen LogP contribution in [-0.2, 0) is 9.59 Å². The van der Waals surface area contributed by atoms with E-state index in [1.54, 1.807) is 14.0 Å². The highest BCUT2D eigenvalue weighted by Gasteiger charge is 2.30. The summed E-state index contributed by atoms with van der Waals surface area (Å²) in [7, 11) is 1.60. The summed E-state index contributed by atoms with van der Waals surface area (Å²) in [4.78, 5) is 25.9. The summed E-state index contributed by atoms with van der Waals surface area (Å²) in [6.07, 6.45) is 1.41. The van der Waals surface area contributed by atoms with Gasteiger partial charge in [0.1, 0.15) is 0 Å². The molecule has 5 heteroatoms. The van der Waals surface area contributed by atoms with Crippen molar-refractivity contribution >= 4 is 17.5 Å². The van der Waals surface area contributed by atoms with Gasteiger partial charge < -0.3 is 16.0 Å². The van der Waals surface area contributed by atoms with Gasteiger partial charge in [-0.05, 0) is 38.3 Å². The summed E-state index contributed by atoms with van der Waals surface area (Å²) < 4.78 is 0. The molecule has 0 spiro atoms. The number of carbonyl (C=O) groups excluding carboxylic acids is 2. The standard InChI is InChI=1S/C17H27N3O2/c1-6-10-17(4,18)16(22)20(5)11-14(21)19-15-12(2)8-7-9-13(15)3/h7-9H,6,10-11,18H2,1-5H3,(H,19,21). The summed E-state index contributed by atoms with van der Waals surface area (Å²) in [5, 5.41) is 2.87. The van der Waals surface area contributed by atoms with Crippen LogP contribution in [0, 0.1) is 13.8 Å². The Morgan fingerprint density at radius 2 is 1.82 bits per heavy atom. The molecule has 0 saturated heterocycles. The van der Waals surface area contributed by atoms with Crippen molar-refractivity contribution in [3.8, 4) is 0 Å². The van der Waals surface area contributed by atoms with Gasteiger partial charge in [0, 0.05) is 12.7 Å². The molecule has 0 saturated carbocycles. The Kier molecular flexibility index (Phi) is 6.11. The third-order valence-corrected chi connectivity index (χ3v) is 3.73. The molecule has 2 amide bonds. The van der Waals surface area contributed by atoms with Gasteiger partial charge in [-0.1, -0.05) is 31.5 Å². The zero-order valence-electron chi connectivity index (χ0n) is 14.2. The minimum Gasteiger partial charge on any atom is -0.335 e. The zero-order valence-corrected chi connectivity index (χ0v) is 14.2. The lowest BCUT2D eigenvalue weighted by Gasteiger charge is -2.28. The Labute approximate surface area is 132 Å². The summed E-state index contributed by atoms with van der Waals surface area (Å²) in [6, 6.07) is 5.83. The van der Waals surface area contributed by atoms with Crippen molar-refractivity contribution in [3.05, 3.63) is 29.3 Å². The van der Waals surface area contributed by atoms with E-state index in [0.717, 1.165) is 23.2 Å². The Morgan fingerprint density at radius 1 is 1.27 bits per heavy atom. The van der Waals surface area contributed by atoms with E-state index in [2.05, 4.69) is 5.32 Å². The van der Waals surface area contributed by atoms with Gasteiger partial charge in [0.2, 0.25) is 11.8 Å². The zero-order chi connectivity index (χ0) is 16.9. The van der Waals surface area contributed by atoms with Crippen LogP contribution in [0.15, 0.2) is 18.2 Å². The molecule has 0 aliphatic rings. The summed E-state index contributed by atoms with van der Waals surface area (Å²) in [5.41, 5.74) is 7.89. The SMILES string of the molecule is CCCC(C)(N)C(=O)N(C)CC(=O)Nc1c(C)cccc1C. The predicted octanol–water partition coefficient (Wildman–Crippen LogP) is 2.22. The Morgan fingerprint density at radius 3 is 2.32 bits per heavy atom. The number of rotatable bonds is 6. The van der Waals surface area contributed by atoms with Crippen molar-refractivity contribution in [1.82, 2.24) is 4.90 Å². The quantitative estimate of drug-likeness (QED) is 0.846. The smallest absolute Gasteiger partial charge is 0.243 e. The first-order valence-electron chi connectivity index (χ1n) is 7.59. The van der Waals surface area contributed by atoms with Crippen LogP contribution in [0.3, 0.4) is 0 Å². The van der Waals surface area contributed by atoms with Gasteiger partial charge in [-0.2, -0.15) is 0 Å². The lowest BCUT2D eigenvalue weighted by molar-refractivity contribution is -0.137. The molecule has 3 N–H and O–H groups in total. The predicted molar refractivity (Wildman–Crippen MR) is 89.7 cm³/mol. The topological polar surface area (TPSA) is 75.4 Å². The highest BCUT2D eigenvalue weighted by Crippen LogP contribution is 2.19. The highest BCUT2D eigenvalue weighted by molar-refractivity contribution is 5.96. The van der Waals surface area contributed by atoms with E-state index in [0.29, 0.717) is 6.42 Å². The van der Waals surface area contributed by atoms with Crippen LogP contribution in [0.1, 0.15) is 37.8 Å². The van der Waals surface area contributed by atoms with E-state index in [1.165, 1.54) is 4.90 Å². The normalized spacial score (nSPS) is 13.4. The first-order valence-corrected chi connectivity index (χ1v) is 7.59. The van der Waals surface area contributed by atoms with Crippen molar-refractivity contribution in [2.75, 3.05) is 18.9 Å². The fourth-order valence-electron chi connectivity index (χ4n) is 2.54. The van der Waals surface area contributed by atoms with Crippen LogP contribution < -0.4 is 11.1 Å². The van der Waals surface area contributed by atoms with Gasteiger partial charge in [0.05, 0.1) is 12.1 Å². The molecule has 1 aromatic carbocycles. The fourth-order valence-corrected chi connectivity index (χ4v) is 2.54. The maximum atomic E-state index is 12.3. The number of carbonyl (C=O) groups is 2. The van der Waals surface area contributed by atoms with Crippen molar-refractivity contribution in [2.45, 2.75) is 46.1 Å². The molecule has 0 aliphatic carbocycles. The molecule has 0 aromatic heterocycles. The molecule has 0 heterocycles. The largest absolute Gasteiger partial charge is 0.335 e. The van der Waals surface area contributed by atoms with Gasteiger partial charge in [0.25, 0.3) is 0 Å². The second-order valence-electron chi connectivity index (χ2n) is 6.14. The van der Waals surface area contributed by atoms with Crippen LogP contribution in [0.5, 0.6) is 0 Å². The minimum absolute atomic E-state index is 0.0108. The van der Waals surface area contributed by atoms with E-state index in [-0.39, 0.29) is 18.4 Å². The molecule has 1 unspecified atom stereocenters. The first kappa shape index (κ1) is 18.2. The van der Waals surface area contributed by atoms with Crippen LogP contribution >= 0.6 is 0 Å². The van der Waals surface area contributed by atoms with Crippen molar-refractivity contribution < 1.29 is 9.59 Å². The maximum absolute atomic E-state index is 12.3. The number of hydrogen-bond donors (Lipinski definition) is 2. The summed E-state index contributed by atoms with van der Waals surface area (Å²) in [6.45, 7) is 7.55.